The van der Waals surface area contributed by atoms with Gasteiger partial charge in [-0.25, -0.2) is 9.97 Å². The van der Waals surface area contributed by atoms with Crippen molar-refractivity contribution >= 4 is 0 Å². The molecule has 6 nitrogen and oxygen atoms in total. The number of nitrogens with one attached hydrogen (secondary N) is 2. The van der Waals surface area contributed by atoms with Crippen molar-refractivity contribution < 1.29 is 10.2 Å². The number of aromatic amines is 2. The quantitative estimate of drug-likeness (QED) is 0.605. The molecule has 18 heavy (non-hydrogen) atoms. The maximum Gasteiger partial charge on any atom is 0.0919 e. The standard InChI is InChI=1S/C6H14O2.2C3H4N2/c7-5-3-1-2-4-6-8;2*1-2-5-3-4-1/h7-8H,1-6H2;2*1-3H,(H,4,5). The van der Waals surface area contributed by atoms with Crippen LogP contribution in [0.3, 0.4) is 0 Å². The van der Waals surface area contributed by atoms with Crippen molar-refractivity contribution in [3.05, 3.63) is 37.4 Å². The van der Waals surface area contributed by atoms with Gasteiger partial charge in [-0.05, 0) is 12.8 Å². The van der Waals surface area contributed by atoms with E-state index in [1.54, 1.807) is 37.4 Å². The third kappa shape index (κ3) is 14.3. The number of aromatic nitrogens is 4. The third-order valence-electron chi connectivity index (χ3n) is 1.88. The monoisotopic (exact) mass is 254 g/mol. The minimum atomic E-state index is 0.283. The zero-order valence-corrected chi connectivity index (χ0v) is 10.5. The summed E-state index contributed by atoms with van der Waals surface area (Å²) in [5.74, 6) is 0. The Balaban J connectivity index is 0.000000250. The van der Waals surface area contributed by atoms with Gasteiger partial charge in [0.2, 0.25) is 0 Å². The molecule has 2 aromatic rings. The Kier molecular flexibility index (Phi) is 13.9. The number of hydrogen-bond acceptors (Lipinski definition) is 4. The normalized spacial score (nSPS) is 8.78. The summed E-state index contributed by atoms with van der Waals surface area (Å²) in [5, 5.41) is 16.6. The van der Waals surface area contributed by atoms with Crippen LogP contribution in [0.25, 0.3) is 0 Å². The lowest BCUT2D eigenvalue weighted by atomic mass is 10.2. The highest BCUT2D eigenvalue weighted by molar-refractivity contribution is 4.65. The van der Waals surface area contributed by atoms with Crippen LogP contribution in [0.15, 0.2) is 37.4 Å². The molecule has 4 N–H and O–H groups in total. The van der Waals surface area contributed by atoms with E-state index >= 15 is 0 Å². The van der Waals surface area contributed by atoms with Crippen molar-refractivity contribution in [1.82, 2.24) is 19.9 Å². The summed E-state index contributed by atoms with van der Waals surface area (Å²) in [5.41, 5.74) is 0. The summed E-state index contributed by atoms with van der Waals surface area (Å²) in [6, 6.07) is 0. The minimum Gasteiger partial charge on any atom is -0.396 e. The summed E-state index contributed by atoms with van der Waals surface area (Å²) in [6.07, 6.45) is 14.0. The molecule has 0 aliphatic carbocycles. The molecule has 0 saturated heterocycles. The lowest BCUT2D eigenvalue weighted by Gasteiger charge is -1.93. The SMILES string of the molecule is OCCCCCCO.c1c[nH]cn1.c1c[nH]cn1. The Bertz CT molecular complexity index is 231. The van der Waals surface area contributed by atoms with Crippen molar-refractivity contribution in [1.29, 1.82) is 0 Å². The van der Waals surface area contributed by atoms with Crippen molar-refractivity contribution in [2.75, 3.05) is 13.2 Å². The van der Waals surface area contributed by atoms with Crippen LogP contribution in [-0.4, -0.2) is 43.4 Å². The number of nitrogens with zero attached hydrogens (tertiary/aromatic N) is 2. The van der Waals surface area contributed by atoms with Crippen LogP contribution in [0.2, 0.25) is 0 Å². The fourth-order valence-electron chi connectivity index (χ4n) is 1.01. The Labute approximate surface area is 107 Å². The molecule has 0 atom stereocenters. The molecule has 0 amide bonds. The van der Waals surface area contributed by atoms with Crippen molar-refractivity contribution in [2.45, 2.75) is 25.7 Å². The number of H-pyrrole nitrogens is 2. The number of unbranched alkanes of at least 4 members (excludes halogenated alkanes) is 3. The maximum absolute atomic E-state index is 8.30. The van der Waals surface area contributed by atoms with E-state index < -0.39 is 0 Å². The Morgan fingerprint density at radius 1 is 0.722 bits per heavy atom. The summed E-state index contributed by atoms with van der Waals surface area (Å²) in [6.45, 7) is 0.566. The predicted octanol–water partition coefficient (Wildman–Crippen LogP) is 1.35. The first-order chi connectivity index (χ1) is 8.91. The molecule has 0 aromatic carbocycles. The Morgan fingerprint density at radius 3 is 1.33 bits per heavy atom. The molecule has 0 aliphatic heterocycles. The molecule has 0 radical (unpaired) electrons. The van der Waals surface area contributed by atoms with Crippen LogP contribution in [0.4, 0.5) is 0 Å². The molecule has 2 rings (SSSR count). The fourth-order valence-corrected chi connectivity index (χ4v) is 1.01. The molecule has 102 valence electrons. The van der Waals surface area contributed by atoms with Crippen molar-refractivity contribution in [3.8, 4) is 0 Å². The number of aliphatic hydroxyl groups is 2. The van der Waals surface area contributed by atoms with E-state index in [1.807, 2.05) is 0 Å². The Hall–Kier alpha value is -1.66. The van der Waals surface area contributed by atoms with Crippen LogP contribution in [0.5, 0.6) is 0 Å². The summed E-state index contributed by atoms with van der Waals surface area (Å²) in [4.78, 5) is 12.8. The van der Waals surface area contributed by atoms with Crippen LogP contribution in [0, 0.1) is 0 Å². The molecular formula is C12H22N4O2. The van der Waals surface area contributed by atoms with Crippen molar-refractivity contribution in [3.63, 3.8) is 0 Å². The predicted molar refractivity (Wildman–Crippen MR) is 69.8 cm³/mol. The third-order valence-corrected chi connectivity index (χ3v) is 1.88. The zero-order valence-electron chi connectivity index (χ0n) is 10.5. The molecule has 0 bridgehead atoms. The van der Waals surface area contributed by atoms with Gasteiger partial charge >= 0.3 is 0 Å². The van der Waals surface area contributed by atoms with E-state index in [2.05, 4.69) is 19.9 Å². The van der Waals surface area contributed by atoms with Gasteiger partial charge in [0.05, 0.1) is 12.7 Å². The average Bonchev–Trinajstić information content (AvgIpc) is 3.12. The average molecular weight is 254 g/mol. The van der Waals surface area contributed by atoms with Crippen molar-refractivity contribution in [2.24, 2.45) is 0 Å². The molecule has 0 spiro atoms. The molecule has 2 aromatic heterocycles. The number of aliphatic hydroxyl groups excluding tert-OH is 2. The molecule has 6 heteroatoms. The van der Waals surface area contributed by atoms with E-state index in [1.165, 1.54) is 0 Å². The number of imidazole rings is 2. The fraction of sp³-hybridized carbons (Fsp3) is 0.500. The van der Waals surface area contributed by atoms with E-state index in [-0.39, 0.29) is 13.2 Å². The topological polar surface area (TPSA) is 97.8 Å². The van der Waals surface area contributed by atoms with Gasteiger partial charge in [0.1, 0.15) is 0 Å². The number of rotatable bonds is 5. The van der Waals surface area contributed by atoms with E-state index in [0.29, 0.717) is 0 Å². The van der Waals surface area contributed by atoms with E-state index in [9.17, 15) is 0 Å². The lowest BCUT2D eigenvalue weighted by Crippen LogP contribution is -1.85. The van der Waals surface area contributed by atoms with Gasteiger partial charge in [-0.1, -0.05) is 12.8 Å². The van der Waals surface area contributed by atoms with Gasteiger partial charge in [-0.2, -0.15) is 0 Å². The molecule has 0 fully saturated rings. The van der Waals surface area contributed by atoms with Crippen LogP contribution >= 0.6 is 0 Å². The Morgan fingerprint density at radius 2 is 1.17 bits per heavy atom. The van der Waals surface area contributed by atoms with Gasteiger partial charge < -0.3 is 20.2 Å². The van der Waals surface area contributed by atoms with Gasteiger partial charge in [0.25, 0.3) is 0 Å². The van der Waals surface area contributed by atoms with E-state index in [4.69, 9.17) is 10.2 Å². The summed E-state index contributed by atoms with van der Waals surface area (Å²) in [7, 11) is 0. The minimum absolute atomic E-state index is 0.283. The van der Waals surface area contributed by atoms with Gasteiger partial charge in [-0.3, -0.25) is 0 Å². The highest BCUT2D eigenvalue weighted by Gasteiger charge is 1.84. The van der Waals surface area contributed by atoms with E-state index in [0.717, 1.165) is 25.7 Å². The van der Waals surface area contributed by atoms with Crippen LogP contribution in [-0.2, 0) is 0 Å². The van der Waals surface area contributed by atoms with Gasteiger partial charge in [0.15, 0.2) is 0 Å². The van der Waals surface area contributed by atoms with Crippen LogP contribution < -0.4 is 0 Å². The highest BCUT2D eigenvalue weighted by Crippen LogP contribution is 1.96. The number of hydrogen-bond donors (Lipinski definition) is 4. The second-order valence-corrected chi connectivity index (χ2v) is 3.38. The second kappa shape index (κ2) is 15.3. The maximum atomic E-state index is 8.30. The van der Waals surface area contributed by atoms with Crippen LogP contribution in [0.1, 0.15) is 25.7 Å². The molecule has 0 unspecified atom stereocenters. The lowest BCUT2D eigenvalue weighted by molar-refractivity contribution is 0.265. The first-order valence-corrected chi connectivity index (χ1v) is 5.99. The summed E-state index contributed by atoms with van der Waals surface area (Å²) >= 11 is 0. The first kappa shape index (κ1) is 16.3. The highest BCUT2D eigenvalue weighted by atomic mass is 16.3. The molecule has 2 heterocycles. The second-order valence-electron chi connectivity index (χ2n) is 3.38. The largest absolute Gasteiger partial charge is 0.396 e. The zero-order chi connectivity index (χ0) is 13.3. The molecule has 0 saturated carbocycles. The summed E-state index contributed by atoms with van der Waals surface area (Å²) < 4.78 is 0. The first-order valence-electron chi connectivity index (χ1n) is 5.99. The van der Waals surface area contributed by atoms with Gasteiger partial charge in [0, 0.05) is 38.0 Å². The van der Waals surface area contributed by atoms with Gasteiger partial charge in [-0.15, -0.1) is 0 Å². The molecule has 0 aliphatic rings. The molecular weight excluding hydrogens is 232 g/mol. The smallest absolute Gasteiger partial charge is 0.0919 e.